The van der Waals surface area contributed by atoms with Crippen LogP contribution in [0.3, 0.4) is 0 Å². The Kier molecular flexibility index (Phi) is 7.81. The Hall–Kier alpha value is -3.90. The van der Waals surface area contributed by atoms with Crippen molar-refractivity contribution < 1.29 is 33.4 Å². The van der Waals surface area contributed by atoms with Crippen molar-refractivity contribution in [3.63, 3.8) is 0 Å². The van der Waals surface area contributed by atoms with Crippen molar-refractivity contribution in [2.24, 2.45) is 5.92 Å². The van der Waals surface area contributed by atoms with Gasteiger partial charge in [-0.2, -0.15) is 0 Å². The molecular weight excluding hydrogens is 556 g/mol. The molecular formula is C28H26N2O8S2. The molecule has 12 heteroatoms. The average Bonchev–Trinajstić information content (AvgIpc) is 3.39. The lowest BCUT2D eigenvalue weighted by atomic mass is 9.83. The predicted molar refractivity (Wildman–Crippen MR) is 148 cm³/mol. The van der Waals surface area contributed by atoms with Gasteiger partial charge in [0.15, 0.2) is 0 Å². The molecule has 0 radical (unpaired) electrons. The molecule has 1 saturated heterocycles. The number of esters is 2. The van der Waals surface area contributed by atoms with Crippen molar-refractivity contribution >= 4 is 52.5 Å². The number of fused-ring (bicyclic) bond motifs is 2. The van der Waals surface area contributed by atoms with E-state index in [9.17, 15) is 24.0 Å². The molecule has 2 aliphatic heterocycles. The second-order valence-corrected chi connectivity index (χ2v) is 11.1. The van der Waals surface area contributed by atoms with Crippen molar-refractivity contribution in [2.45, 2.75) is 36.6 Å². The van der Waals surface area contributed by atoms with Crippen LogP contribution in [0, 0.1) is 5.92 Å². The van der Waals surface area contributed by atoms with E-state index in [1.165, 1.54) is 16.7 Å². The summed E-state index contributed by atoms with van der Waals surface area (Å²) >= 11 is 2.08. The van der Waals surface area contributed by atoms with Gasteiger partial charge in [-0.15, -0.1) is 0 Å². The first-order chi connectivity index (χ1) is 19.3. The van der Waals surface area contributed by atoms with Gasteiger partial charge in [0, 0.05) is 10.8 Å². The molecule has 1 aromatic heterocycles. The van der Waals surface area contributed by atoms with Crippen LogP contribution in [0.25, 0.3) is 0 Å². The number of carbonyl (C=O) groups is 4. The molecule has 2 aromatic carbocycles. The molecule has 2 aliphatic rings. The van der Waals surface area contributed by atoms with Crippen molar-refractivity contribution in [2.75, 3.05) is 25.2 Å². The third-order valence-electron chi connectivity index (χ3n) is 6.75. The van der Waals surface area contributed by atoms with Gasteiger partial charge >= 0.3 is 16.8 Å². The van der Waals surface area contributed by atoms with Crippen LogP contribution in [0.2, 0.25) is 0 Å². The number of aromatic nitrogens is 1. The molecule has 3 aromatic rings. The highest BCUT2D eigenvalue weighted by Gasteiger charge is 2.56. The minimum atomic E-state index is -0.834. The Morgan fingerprint density at radius 3 is 2.20 bits per heavy atom. The van der Waals surface area contributed by atoms with E-state index in [4.69, 9.17) is 14.2 Å². The minimum absolute atomic E-state index is 0.170. The highest BCUT2D eigenvalue weighted by Crippen LogP contribution is 2.54. The molecule has 0 saturated carbocycles. The van der Waals surface area contributed by atoms with Crippen LogP contribution < -0.4 is 14.5 Å². The first-order valence-corrected chi connectivity index (χ1v) is 14.3. The van der Waals surface area contributed by atoms with Gasteiger partial charge in [0.1, 0.15) is 17.5 Å². The number of ether oxygens (including phenoxy) is 3. The van der Waals surface area contributed by atoms with Crippen LogP contribution in [0.4, 0.5) is 5.69 Å². The summed E-state index contributed by atoms with van der Waals surface area (Å²) in [6.07, 6.45) is 0. The smallest absolute Gasteiger partial charge is 0.338 e. The van der Waals surface area contributed by atoms with Crippen LogP contribution >= 0.6 is 23.1 Å². The van der Waals surface area contributed by atoms with Crippen molar-refractivity contribution in [3.8, 4) is 5.75 Å². The van der Waals surface area contributed by atoms with Gasteiger partial charge in [-0.05, 0) is 55.8 Å². The zero-order chi connectivity index (χ0) is 28.6. The molecule has 1 fully saturated rings. The van der Waals surface area contributed by atoms with E-state index in [1.807, 2.05) is 12.1 Å². The van der Waals surface area contributed by atoms with Crippen LogP contribution in [-0.2, 0) is 30.4 Å². The van der Waals surface area contributed by atoms with Crippen molar-refractivity contribution in [1.29, 1.82) is 0 Å². The summed E-state index contributed by atoms with van der Waals surface area (Å²) < 4.78 is 16.7. The Morgan fingerprint density at radius 1 is 0.900 bits per heavy atom. The molecule has 40 heavy (non-hydrogen) atoms. The lowest BCUT2D eigenvalue weighted by Crippen LogP contribution is -2.32. The number of benzene rings is 2. The highest BCUT2D eigenvalue weighted by atomic mass is 32.2. The van der Waals surface area contributed by atoms with Crippen molar-refractivity contribution in [1.82, 2.24) is 4.57 Å². The molecule has 208 valence electrons. The number of rotatable bonds is 8. The predicted octanol–water partition coefficient (Wildman–Crippen LogP) is 3.45. The number of carbonyl (C=O) groups excluding carboxylic acids is 4. The van der Waals surface area contributed by atoms with Gasteiger partial charge in [-0.3, -0.25) is 23.7 Å². The second kappa shape index (κ2) is 11.3. The van der Waals surface area contributed by atoms with E-state index in [-0.39, 0.29) is 24.6 Å². The Labute approximate surface area is 237 Å². The van der Waals surface area contributed by atoms with Crippen LogP contribution in [0.15, 0.2) is 58.4 Å². The first-order valence-electron chi connectivity index (χ1n) is 12.6. The summed E-state index contributed by atoms with van der Waals surface area (Å²) in [5, 5.41) is -0.356. The Bertz CT molecular complexity index is 1530. The number of hydrogen-bond acceptors (Lipinski definition) is 10. The third kappa shape index (κ3) is 4.81. The standard InChI is InChI=1S/C28H26N2O8S2/c1-4-37-19(31)14-29-26-23(40-28(29)35)20(15-8-12-18(36-3)13-9-15)21-22(39-26)25(33)30(24(21)32)17-10-6-16(7-11-17)27(34)38-5-2/h6-13,20-22H,4-5,14H2,1-3H3. The summed E-state index contributed by atoms with van der Waals surface area (Å²) in [6, 6.07) is 13.3. The topological polar surface area (TPSA) is 121 Å². The molecule has 3 heterocycles. The number of thioether (sulfide) groups is 1. The summed E-state index contributed by atoms with van der Waals surface area (Å²) in [5.74, 6) is -2.68. The highest BCUT2D eigenvalue weighted by molar-refractivity contribution is 8.00. The van der Waals surface area contributed by atoms with E-state index >= 15 is 0 Å². The minimum Gasteiger partial charge on any atom is -0.497 e. The molecule has 0 aliphatic carbocycles. The Balaban J connectivity index is 1.57. The summed E-state index contributed by atoms with van der Waals surface area (Å²) in [5.41, 5.74) is 1.37. The second-order valence-electron chi connectivity index (χ2n) is 9.02. The maximum Gasteiger partial charge on any atom is 0.338 e. The SMILES string of the molecule is CCOC(=O)Cn1c2c(sc1=O)C(c1ccc(OC)cc1)C1C(=O)N(c3ccc(C(=O)OCC)cc3)C(=O)C1S2. The zero-order valence-electron chi connectivity index (χ0n) is 21.9. The van der Waals surface area contributed by atoms with E-state index in [0.717, 1.165) is 33.6 Å². The van der Waals surface area contributed by atoms with Crippen LogP contribution in [-0.4, -0.2) is 53.9 Å². The molecule has 10 nitrogen and oxygen atoms in total. The first kappa shape index (κ1) is 27.7. The number of anilines is 1. The van der Waals surface area contributed by atoms with E-state index in [2.05, 4.69) is 0 Å². The number of imide groups is 1. The fourth-order valence-electron chi connectivity index (χ4n) is 4.98. The number of amides is 2. The summed E-state index contributed by atoms with van der Waals surface area (Å²) in [6.45, 7) is 3.49. The zero-order valence-corrected chi connectivity index (χ0v) is 23.6. The van der Waals surface area contributed by atoms with E-state index in [0.29, 0.717) is 26.9 Å². The molecule has 3 atom stereocenters. The average molecular weight is 583 g/mol. The van der Waals surface area contributed by atoms with Gasteiger partial charge in [-0.25, -0.2) is 9.69 Å². The lowest BCUT2D eigenvalue weighted by Gasteiger charge is -2.30. The quantitative estimate of drug-likeness (QED) is 0.290. The normalized spacial score (nSPS) is 19.7. The van der Waals surface area contributed by atoms with Crippen molar-refractivity contribution in [3.05, 3.63) is 74.2 Å². The molecule has 3 unspecified atom stereocenters. The largest absolute Gasteiger partial charge is 0.497 e. The third-order valence-corrected chi connectivity index (χ3v) is 9.36. The maximum absolute atomic E-state index is 14.0. The molecule has 0 bridgehead atoms. The molecule has 5 rings (SSSR count). The van der Waals surface area contributed by atoms with E-state index < -0.39 is 40.8 Å². The fourth-order valence-corrected chi connectivity index (χ4v) is 7.75. The van der Waals surface area contributed by atoms with Gasteiger partial charge in [0.2, 0.25) is 11.8 Å². The molecule has 2 amide bonds. The Morgan fingerprint density at radius 2 is 1.57 bits per heavy atom. The summed E-state index contributed by atoms with van der Waals surface area (Å²) in [4.78, 5) is 66.6. The molecule has 0 N–H and O–H groups in total. The van der Waals surface area contributed by atoms with Crippen LogP contribution in [0.1, 0.15) is 40.6 Å². The monoisotopic (exact) mass is 582 g/mol. The van der Waals surface area contributed by atoms with Gasteiger partial charge < -0.3 is 14.2 Å². The van der Waals surface area contributed by atoms with Gasteiger partial charge in [0.25, 0.3) is 0 Å². The van der Waals surface area contributed by atoms with Gasteiger partial charge in [0.05, 0.1) is 42.5 Å². The summed E-state index contributed by atoms with van der Waals surface area (Å²) in [7, 11) is 1.55. The van der Waals surface area contributed by atoms with Gasteiger partial charge in [-0.1, -0.05) is 35.2 Å². The van der Waals surface area contributed by atoms with E-state index in [1.54, 1.807) is 45.2 Å². The number of hydrogen-bond donors (Lipinski definition) is 0. The van der Waals surface area contributed by atoms with Crippen LogP contribution in [0.5, 0.6) is 5.75 Å². The fraction of sp³-hybridized carbons (Fsp3) is 0.321. The maximum atomic E-state index is 14.0. The number of thiazole rings is 1. The number of methoxy groups -OCH3 is 1. The molecule has 0 spiro atoms. The number of nitrogens with zero attached hydrogens (tertiary/aromatic N) is 2. The lowest BCUT2D eigenvalue weighted by molar-refractivity contribution is -0.144.